The van der Waals surface area contributed by atoms with Crippen LogP contribution in [0.1, 0.15) is 59.6 Å². The van der Waals surface area contributed by atoms with Crippen molar-refractivity contribution >= 4 is 5.96 Å². The fourth-order valence-electron chi connectivity index (χ4n) is 3.25. The summed E-state index contributed by atoms with van der Waals surface area (Å²) in [5, 5.41) is 16.8. The van der Waals surface area contributed by atoms with Crippen LogP contribution in [0.25, 0.3) is 0 Å². The Bertz CT molecular complexity index is 555. The summed E-state index contributed by atoms with van der Waals surface area (Å²) in [5.74, 6) is 0.739. The van der Waals surface area contributed by atoms with Crippen LogP contribution in [0.2, 0.25) is 0 Å². The standard InChI is InChI=1S/C23H42N4O2/c1-7-24-23(25-14-11-15-27(18(2)3)19(4)5)26-16-22(28)17-29-20(6)21-12-9-8-10-13-21/h8-10,12-13,18-20,22,28H,7,11,14-17H2,1-6H3,(H2,24,25,26). The smallest absolute Gasteiger partial charge is 0.191 e. The summed E-state index contributed by atoms with van der Waals surface area (Å²) in [4.78, 5) is 6.99. The van der Waals surface area contributed by atoms with E-state index in [9.17, 15) is 5.11 Å². The monoisotopic (exact) mass is 406 g/mol. The Balaban J connectivity index is 2.38. The van der Waals surface area contributed by atoms with E-state index >= 15 is 0 Å². The molecule has 6 heteroatoms. The Labute approximate surface area is 177 Å². The first kappa shape index (κ1) is 25.4. The lowest BCUT2D eigenvalue weighted by Crippen LogP contribution is -2.41. The van der Waals surface area contributed by atoms with Crippen molar-refractivity contribution in [2.75, 3.05) is 32.8 Å². The Morgan fingerprint density at radius 2 is 1.72 bits per heavy atom. The summed E-state index contributed by atoms with van der Waals surface area (Å²) in [5.41, 5.74) is 1.11. The predicted octanol–water partition coefficient (Wildman–Crippen LogP) is 3.19. The van der Waals surface area contributed by atoms with Crippen molar-refractivity contribution in [1.82, 2.24) is 15.5 Å². The molecule has 0 aliphatic carbocycles. The second-order valence-corrected chi connectivity index (χ2v) is 7.97. The Kier molecular flexibility index (Phi) is 12.6. The molecule has 0 heterocycles. The van der Waals surface area contributed by atoms with Gasteiger partial charge in [0.2, 0.25) is 0 Å². The van der Waals surface area contributed by atoms with Crippen molar-refractivity contribution in [3.8, 4) is 0 Å². The van der Waals surface area contributed by atoms with Crippen LogP contribution in [0.4, 0.5) is 0 Å². The fourth-order valence-corrected chi connectivity index (χ4v) is 3.25. The maximum Gasteiger partial charge on any atom is 0.191 e. The summed E-state index contributed by atoms with van der Waals surface area (Å²) in [6.07, 6.45) is 0.362. The number of guanidine groups is 1. The van der Waals surface area contributed by atoms with E-state index in [4.69, 9.17) is 4.74 Å². The molecule has 166 valence electrons. The number of hydrogen-bond acceptors (Lipinski definition) is 4. The molecule has 1 rings (SSSR count). The fraction of sp³-hybridized carbons (Fsp3) is 0.696. The highest BCUT2D eigenvalue weighted by atomic mass is 16.5. The Hall–Kier alpha value is -1.63. The maximum atomic E-state index is 10.2. The third-order valence-electron chi connectivity index (χ3n) is 4.82. The van der Waals surface area contributed by atoms with Crippen molar-refractivity contribution in [3.63, 3.8) is 0 Å². The molecule has 0 aromatic heterocycles. The maximum absolute atomic E-state index is 10.2. The minimum Gasteiger partial charge on any atom is -0.389 e. The van der Waals surface area contributed by atoms with Crippen LogP contribution in [0.15, 0.2) is 35.3 Å². The van der Waals surface area contributed by atoms with E-state index in [2.05, 4.69) is 48.2 Å². The van der Waals surface area contributed by atoms with Crippen LogP contribution in [0.5, 0.6) is 0 Å². The number of aliphatic hydroxyl groups excluding tert-OH is 1. The van der Waals surface area contributed by atoms with Gasteiger partial charge in [0.1, 0.15) is 0 Å². The zero-order valence-electron chi connectivity index (χ0n) is 19.2. The molecule has 0 spiro atoms. The highest BCUT2D eigenvalue weighted by Crippen LogP contribution is 2.15. The molecule has 3 N–H and O–H groups in total. The van der Waals surface area contributed by atoms with Gasteiger partial charge in [-0.1, -0.05) is 30.3 Å². The predicted molar refractivity (Wildman–Crippen MR) is 122 cm³/mol. The quantitative estimate of drug-likeness (QED) is 0.267. The van der Waals surface area contributed by atoms with Crippen LogP contribution in [-0.2, 0) is 4.74 Å². The molecule has 29 heavy (non-hydrogen) atoms. The van der Waals surface area contributed by atoms with Gasteiger partial charge in [0.15, 0.2) is 5.96 Å². The topological polar surface area (TPSA) is 69.1 Å². The molecule has 0 fully saturated rings. The van der Waals surface area contributed by atoms with Gasteiger partial charge >= 0.3 is 0 Å². The van der Waals surface area contributed by atoms with Gasteiger partial charge in [-0.15, -0.1) is 0 Å². The van der Waals surface area contributed by atoms with Crippen LogP contribution < -0.4 is 10.6 Å². The first-order valence-corrected chi connectivity index (χ1v) is 11.0. The summed E-state index contributed by atoms with van der Waals surface area (Å²) < 4.78 is 5.79. The first-order valence-electron chi connectivity index (χ1n) is 11.0. The largest absolute Gasteiger partial charge is 0.389 e. The number of aliphatic hydroxyl groups is 1. The molecule has 0 bridgehead atoms. The van der Waals surface area contributed by atoms with Gasteiger partial charge in [-0.2, -0.15) is 0 Å². The number of hydrogen-bond donors (Lipinski definition) is 3. The number of ether oxygens (including phenoxy) is 1. The molecule has 0 aliphatic rings. The molecule has 6 nitrogen and oxygen atoms in total. The first-order chi connectivity index (χ1) is 13.8. The Morgan fingerprint density at radius 1 is 1.07 bits per heavy atom. The van der Waals surface area contributed by atoms with Crippen LogP contribution in [-0.4, -0.2) is 66.9 Å². The molecule has 0 saturated carbocycles. The molecule has 2 atom stereocenters. The van der Waals surface area contributed by atoms with E-state index in [1.165, 1.54) is 0 Å². The lowest BCUT2D eigenvalue weighted by atomic mass is 10.1. The van der Waals surface area contributed by atoms with E-state index in [-0.39, 0.29) is 12.7 Å². The number of benzene rings is 1. The van der Waals surface area contributed by atoms with Gasteiger partial charge in [0, 0.05) is 31.7 Å². The molecule has 2 unspecified atom stereocenters. The number of aliphatic imine (C=N–C) groups is 1. The molecule has 1 aromatic carbocycles. The highest BCUT2D eigenvalue weighted by Gasteiger charge is 2.13. The van der Waals surface area contributed by atoms with Gasteiger partial charge in [-0.25, -0.2) is 0 Å². The van der Waals surface area contributed by atoms with E-state index in [1.807, 2.05) is 44.2 Å². The molecule has 0 saturated heterocycles. The van der Waals surface area contributed by atoms with Crippen molar-refractivity contribution in [3.05, 3.63) is 35.9 Å². The summed E-state index contributed by atoms with van der Waals surface area (Å²) in [6.45, 7) is 16.2. The second-order valence-electron chi connectivity index (χ2n) is 7.97. The molecular formula is C23H42N4O2. The zero-order chi connectivity index (χ0) is 21.6. The average Bonchev–Trinajstić information content (AvgIpc) is 2.69. The minimum absolute atomic E-state index is 0.0500. The van der Waals surface area contributed by atoms with E-state index < -0.39 is 6.10 Å². The lowest BCUT2D eigenvalue weighted by molar-refractivity contribution is 0.00111. The van der Waals surface area contributed by atoms with Crippen molar-refractivity contribution in [2.45, 2.75) is 72.3 Å². The molecule has 0 amide bonds. The molecular weight excluding hydrogens is 364 g/mol. The van der Waals surface area contributed by atoms with Crippen LogP contribution in [0, 0.1) is 0 Å². The highest BCUT2D eigenvalue weighted by molar-refractivity contribution is 5.79. The molecule has 0 aliphatic heterocycles. The second kappa shape index (κ2) is 14.4. The molecule has 0 radical (unpaired) electrons. The third kappa shape index (κ3) is 10.6. The van der Waals surface area contributed by atoms with Crippen LogP contribution >= 0.6 is 0 Å². The van der Waals surface area contributed by atoms with Crippen molar-refractivity contribution in [1.29, 1.82) is 0 Å². The third-order valence-corrected chi connectivity index (χ3v) is 4.82. The van der Waals surface area contributed by atoms with E-state index in [0.29, 0.717) is 18.6 Å². The SMILES string of the molecule is CCNC(=NCC(O)COC(C)c1ccccc1)NCCCN(C(C)C)C(C)C. The average molecular weight is 407 g/mol. The normalized spacial score (nSPS) is 14.5. The summed E-state index contributed by atoms with van der Waals surface area (Å²) in [6, 6.07) is 11.1. The van der Waals surface area contributed by atoms with Crippen molar-refractivity contribution in [2.24, 2.45) is 4.99 Å². The molecule has 1 aromatic rings. The van der Waals surface area contributed by atoms with Crippen LogP contribution in [0.3, 0.4) is 0 Å². The zero-order valence-corrected chi connectivity index (χ0v) is 19.2. The van der Waals surface area contributed by atoms with Gasteiger partial charge in [0.25, 0.3) is 0 Å². The number of nitrogens with one attached hydrogen (secondary N) is 2. The Morgan fingerprint density at radius 3 is 2.31 bits per heavy atom. The van der Waals surface area contributed by atoms with Gasteiger partial charge < -0.3 is 20.5 Å². The minimum atomic E-state index is -0.631. The number of nitrogens with zero attached hydrogens (tertiary/aromatic N) is 2. The summed E-state index contributed by atoms with van der Waals surface area (Å²) >= 11 is 0. The van der Waals surface area contributed by atoms with E-state index in [0.717, 1.165) is 37.6 Å². The van der Waals surface area contributed by atoms with Crippen molar-refractivity contribution < 1.29 is 9.84 Å². The number of rotatable bonds is 13. The van der Waals surface area contributed by atoms with Gasteiger partial charge in [-0.3, -0.25) is 9.89 Å². The van der Waals surface area contributed by atoms with Gasteiger partial charge in [0.05, 0.1) is 25.4 Å². The lowest BCUT2D eigenvalue weighted by Gasteiger charge is -2.30. The summed E-state index contributed by atoms with van der Waals surface area (Å²) in [7, 11) is 0. The van der Waals surface area contributed by atoms with E-state index in [1.54, 1.807) is 0 Å². The van der Waals surface area contributed by atoms with Gasteiger partial charge in [-0.05, 0) is 53.5 Å².